The van der Waals surface area contributed by atoms with Gasteiger partial charge in [0.1, 0.15) is 17.7 Å². The van der Waals surface area contributed by atoms with Crippen molar-refractivity contribution < 1.29 is 4.74 Å². The van der Waals surface area contributed by atoms with Crippen LogP contribution in [-0.4, -0.2) is 4.57 Å². The molecule has 8 aromatic carbocycles. The summed E-state index contributed by atoms with van der Waals surface area (Å²) < 4.78 is 9.05. The molecule has 3 heterocycles. The van der Waals surface area contributed by atoms with E-state index in [9.17, 15) is 0 Å². The molecule has 1 aliphatic carbocycles. The van der Waals surface area contributed by atoms with Crippen molar-refractivity contribution in [1.29, 1.82) is 0 Å². The van der Waals surface area contributed by atoms with Gasteiger partial charge in [-0.15, -0.1) is 0 Å². The van der Waals surface area contributed by atoms with Gasteiger partial charge in [0.2, 0.25) is 0 Å². The van der Waals surface area contributed by atoms with Crippen molar-refractivity contribution in [2.24, 2.45) is 0 Å². The van der Waals surface area contributed by atoms with Crippen molar-refractivity contribution in [3.63, 3.8) is 0 Å². The molecule has 3 aliphatic rings. The first kappa shape index (κ1) is 32.1. The molecule has 0 amide bonds. The summed E-state index contributed by atoms with van der Waals surface area (Å²) in [5, 5.41) is 10.6. The monoisotopic (exact) mass is 731 g/mol. The summed E-state index contributed by atoms with van der Waals surface area (Å²) in [4.78, 5) is 0. The SMILES string of the molecule is C1=C(c2ccc(-n3c4ccccc4c4ccccc43)cc2)NC(c2cccc3c2C2(c4ccccc4Oc4ccccc42)c2ccccc2-3)NC1c1ccccc1. The maximum atomic E-state index is 6.67. The topological polar surface area (TPSA) is 38.2 Å². The van der Waals surface area contributed by atoms with Gasteiger partial charge in [0.25, 0.3) is 0 Å². The molecule has 0 radical (unpaired) electrons. The minimum absolute atomic E-state index is 0.0330. The number of benzene rings is 8. The Balaban J connectivity index is 1.03. The van der Waals surface area contributed by atoms with Crippen LogP contribution in [-0.2, 0) is 5.41 Å². The molecule has 2 aliphatic heterocycles. The molecule has 270 valence electrons. The Morgan fingerprint density at radius 2 is 1.07 bits per heavy atom. The average molecular weight is 732 g/mol. The summed E-state index contributed by atoms with van der Waals surface area (Å²) in [6.07, 6.45) is 2.13. The molecule has 0 saturated carbocycles. The van der Waals surface area contributed by atoms with Crippen molar-refractivity contribution in [2.75, 3.05) is 0 Å². The fourth-order valence-corrected chi connectivity index (χ4v) is 10.0. The Labute approximate surface area is 331 Å². The second-order valence-electron chi connectivity index (χ2n) is 15.3. The van der Waals surface area contributed by atoms with Crippen LogP contribution in [0, 0.1) is 0 Å². The number of hydrogen-bond donors (Lipinski definition) is 2. The number of nitrogens with one attached hydrogen (secondary N) is 2. The predicted octanol–water partition coefficient (Wildman–Crippen LogP) is 12.2. The molecule has 0 fully saturated rings. The van der Waals surface area contributed by atoms with E-state index in [1.54, 1.807) is 0 Å². The lowest BCUT2D eigenvalue weighted by Crippen LogP contribution is -2.42. The zero-order chi connectivity index (χ0) is 37.5. The molecule has 2 atom stereocenters. The summed E-state index contributed by atoms with van der Waals surface area (Å²) in [6, 6.07) is 70.1. The Hall–Kier alpha value is -7.14. The number of hydrogen-bond acceptors (Lipinski definition) is 3. The van der Waals surface area contributed by atoms with Crippen LogP contribution in [0.15, 0.2) is 200 Å². The fraction of sp³-hybridized carbons (Fsp3) is 0.0566. The van der Waals surface area contributed by atoms with Crippen LogP contribution in [0.25, 0.3) is 44.3 Å². The van der Waals surface area contributed by atoms with E-state index in [-0.39, 0.29) is 12.2 Å². The van der Waals surface area contributed by atoms with E-state index in [0.717, 1.165) is 39.6 Å². The third-order valence-electron chi connectivity index (χ3n) is 12.4. The molecule has 1 aromatic heterocycles. The molecule has 0 bridgehead atoms. The van der Waals surface area contributed by atoms with Gasteiger partial charge in [0, 0.05) is 33.3 Å². The molecule has 12 rings (SSSR count). The first-order valence-corrected chi connectivity index (χ1v) is 19.8. The highest BCUT2D eigenvalue weighted by molar-refractivity contribution is 6.09. The molecule has 1 spiro atoms. The maximum Gasteiger partial charge on any atom is 0.132 e. The lowest BCUT2D eigenvalue weighted by atomic mass is 9.65. The van der Waals surface area contributed by atoms with Crippen LogP contribution in [0.5, 0.6) is 11.5 Å². The Bertz CT molecular complexity index is 2970. The van der Waals surface area contributed by atoms with Gasteiger partial charge in [-0.25, -0.2) is 0 Å². The largest absolute Gasteiger partial charge is 0.457 e. The van der Waals surface area contributed by atoms with Crippen LogP contribution in [0.2, 0.25) is 0 Å². The van der Waals surface area contributed by atoms with E-state index in [0.29, 0.717) is 0 Å². The highest BCUT2D eigenvalue weighted by Gasteiger charge is 2.52. The Morgan fingerprint density at radius 3 is 1.77 bits per heavy atom. The lowest BCUT2D eigenvalue weighted by molar-refractivity contribution is 0.423. The van der Waals surface area contributed by atoms with E-state index in [4.69, 9.17) is 4.74 Å². The third-order valence-corrected chi connectivity index (χ3v) is 12.4. The zero-order valence-electron chi connectivity index (χ0n) is 31.1. The second-order valence-corrected chi connectivity index (χ2v) is 15.3. The zero-order valence-corrected chi connectivity index (χ0v) is 31.1. The van der Waals surface area contributed by atoms with E-state index < -0.39 is 5.41 Å². The van der Waals surface area contributed by atoms with Crippen LogP contribution >= 0.6 is 0 Å². The highest BCUT2D eigenvalue weighted by Crippen LogP contribution is 2.63. The number of ether oxygens (including phenoxy) is 1. The minimum Gasteiger partial charge on any atom is -0.457 e. The van der Waals surface area contributed by atoms with Crippen LogP contribution < -0.4 is 15.4 Å². The van der Waals surface area contributed by atoms with E-state index in [1.165, 1.54) is 55.2 Å². The van der Waals surface area contributed by atoms with Crippen LogP contribution in [0.1, 0.15) is 51.2 Å². The van der Waals surface area contributed by atoms with Crippen LogP contribution in [0.4, 0.5) is 0 Å². The van der Waals surface area contributed by atoms with Gasteiger partial charge in [0.15, 0.2) is 0 Å². The summed E-state index contributed by atoms with van der Waals surface area (Å²) in [7, 11) is 0. The molecule has 4 nitrogen and oxygen atoms in total. The van der Waals surface area contributed by atoms with Gasteiger partial charge in [-0.2, -0.15) is 0 Å². The van der Waals surface area contributed by atoms with Crippen molar-refractivity contribution >= 4 is 27.5 Å². The van der Waals surface area contributed by atoms with Gasteiger partial charge in [-0.05, 0) is 81.4 Å². The summed E-state index contributed by atoms with van der Waals surface area (Å²) in [5.41, 5.74) is 15.0. The van der Waals surface area contributed by atoms with Gasteiger partial charge in [-0.3, -0.25) is 5.32 Å². The first-order chi connectivity index (χ1) is 28.3. The number of para-hydroxylation sites is 4. The van der Waals surface area contributed by atoms with Crippen molar-refractivity contribution in [1.82, 2.24) is 15.2 Å². The standard InChI is InChI=1S/C53H37N3O/c1-2-15-34(16-3-1)45-33-46(35-29-31-36(32-30-35)56-47-25-10-5-18-38(47)39-19-6-11-26-48(39)56)55-52(54-45)41-21-14-20-40-37-17-4-7-22-42(37)53(51(40)41)43-23-8-12-27-49(43)57-50-28-13-9-24-44(50)53/h1-33,45,52,54-55H. The fourth-order valence-electron chi connectivity index (χ4n) is 10.0. The number of aromatic nitrogens is 1. The van der Waals surface area contributed by atoms with Gasteiger partial charge in [-0.1, -0.05) is 158 Å². The quantitative estimate of drug-likeness (QED) is 0.189. The molecule has 2 unspecified atom stereocenters. The molecule has 57 heavy (non-hydrogen) atoms. The summed E-state index contributed by atoms with van der Waals surface area (Å²) in [5.74, 6) is 1.79. The predicted molar refractivity (Wildman–Crippen MR) is 231 cm³/mol. The Kier molecular flexibility index (Phi) is 7.01. The summed E-state index contributed by atoms with van der Waals surface area (Å²) in [6.45, 7) is 0. The molecule has 9 aromatic rings. The molecular weight excluding hydrogens is 695 g/mol. The normalized spacial score (nSPS) is 17.2. The van der Waals surface area contributed by atoms with Crippen LogP contribution in [0.3, 0.4) is 0 Å². The summed E-state index contributed by atoms with van der Waals surface area (Å²) >= 11 is 0. The number of rotatable bonds is 4. The third kappa shape index (κ3) is 4.65. The second kappa shape index (κ2) is 12.4. The highest BCUT2D eigenvalue weighted by atomic mass is 16.5. The smallest absolute Gasteiger partial charge is 0.132 e. The van der Waals surface area contributed by atoms with Gasteiger partial charge in [0.05, 0.1) is 22.5 Å². The van der Waals surface area contributed by atoms with E-state index in [2.05, 4.69) is 215 Å². The van der Waals surface area contributed by atoms with E-state index >= 15 is 0 Å². The Morgan fingerprint density at radius 1 is 0.491 bits per heavy atom. The van der Waals surface area contributed by atoms with Crippen molar-refractivity contribution in [2.45, 2.75) is 17.6 Å². The molecule has 0 saturated heterocycles. The van der Waals surface area contributed by atoms with Crippen molar-refractivity contribution in [3.8, 4) is 28.3 Å². The lowest BCUT2D eigenvalue weighted by Gasteiger charge is -2.42. The average Bonchev–Trinajstić information content (AvgIpc) is 3.78. The number of fused-ring (bicyclic) bond motifs is 12. The minimum atomic E-state index is -0.579. The van der Waals surface area contributed by atoms with E-state index in [1.807, 2.05) is 0 Å². The molecule has 2 N–H and O–H groups in total. The van der Waals surface area contributed by atoms with Crippen molar-refractivity contribution in [3.05, 3.63) is 239 Å². The van der Waals surface area contributed by atoms with Gasteiger partial charge < -0.3 is 14.6 Å². The molecule has 4 heteroatoms. The molecular formula is C53H37N3O. The van der Waals surface area contributed by atoms with Gasteiger partial charge >= 0.3 is 0 Å². The maximum absolute atomic E-state index is 6.67. The first-order valence-electron chi connectivity index (χ1n) is 19.8. The number of nitrogens with zero attached hydrogens (tertiary/aromatic N) is 1.